The Hall–Kier alpha value is -1.68. The molecule has 1 unspecified atom stereocenters. The second kappa shape index (κ2) is 3.47. The number of halogens is 1. The third-order valence-corrected chi connectivity index (χ3v) is 2.30. The predicted octanol–water partition coefficient (Wildman–Crippen LogP) is 1.08. The molecule has 1 saturated heterocycles. The number of carbonyl (C=O) groups is 3. The van der Waals surface area contributed by atoms with Crippen LogP contribution in [0.15, 0.2) is 24.3 Å². The van der Waals surface area contributed by atoms with Gasteiger partial charge < -0.3 is 4.74 Å². The molecule has 5 heteroatoms. The molecule has 0 aliphatic carbocycles. The van der Waals surface area contributed by atoms with Crippen LogP contribution in [0.4, 0.5) is 0 Å². The van der Waals surface area contributed by atoms with E-state index < -0.39 is 23.6 Å². The molecule has 0 saturated carbocycles. The maximum atomic E-state index is 11.3. The second-order valence-electron chi connectivity index (χ2n) is 3.03. The van der Waals surface area contributed by atoms with Crippen LogP contribution in [0.5, 0.6) is 0 Å². The topological polar surface area (TPSA) is 60.4 Å². The Morgan fingerprint density at radius 1 is 1.07 bits per heavy atom. The first-order valence-electron chi connectivity index (χ1n) is 4.14. The zero-order chi connectivity index (χ0) is 11.0. The molecule has 1 atom stereocenters. The van der Waals surface area contributed by atoms with E-state index >= 15 is 0 Å². The van der Waals surface area contributed by atoms with E-state index in [1.807, 2.05) is 0 Å². The van der Waals surface area contributed by atoms with Crippen LogP contribution in [0.1, 0.15) is 11.7 Å². The monoisotopic (exact) mass is 224 g/mol. The summed E-state index contributed by atoms with van der Waals surface area (Å²) in [5.41, 5.74) is 0.448. The predicted molar refractivity (Wildman–Crippen MR) is 50.3 cm³/mol. The number of Topliss-reactive ketones (excluding diaryl/α,β-unsaturated/α-hetero) is 2. The summed E-state index contributed by atoms with van der Waals surface area (Å²) < 4.78 is 4.63. The quantitative estimate of drug-likeness (QED) is 0.529. The molecule has 0 aromatic heterocycles. The van der Waals surface area contributed by atoms with Gasteiger partial charge in [-0.3, -0.25) is 9.59 Å². The van der Waals surface area contributed by atoms with Crippen LogP contribution in [-0.4, -0.2) is 17.5 Å². The summed E-state index contributed by atoms with van der Waals surface area (Å²) in [6, 6.07) is 6.19. The highest BCUT2D eigenvalue weighted by Crippen LogP contribution is 2.25. The summed E-state index contributed by atoms with van der Waals surface area (Å²) >= 11 is 5.65. The Labute approximate surface area is 89.8 Å². The van der Waals surface area contributed by atoms with Gasteiger partial charge in [0, 0.05) is 10.6 Å². The van der Waals surface area contributed by atoms with Gasteiger partial charge in [-0.25, -0.2) is 4.79 Å². The van der Waals surface area contributed by atoms with Gasteiger partial charge in [0.2, 0.25) is 0 Å². The minimum atomic E-state index is -1.11. The third kappa shape index (κ3) is 1.64. The molecule has 4 nitrogen and oxygen atoms in total. The molecule has 1 heterocycles. The first-order chi connectivity index (χ1) is 7.09. The normalized spacial score (nSPS) is 20.6. The molecular weight excluding hydrogens is 220 g/mol. The summed E-state index contributed by atoms with van der Waals surface area (Å²) in [7, 11) is 0. The molecule has 0 amide bonds. The lowest BCUT2D eigenvalue weighted by molar-refractivity contribution is -0.149. The summed E-state index contributed by atoms with van der Waals surface area (Å²) in [5, 5.41) is 0.502. The average Bonchev–Trinajstić information content (AvgIpc) is 2.47. The maximum Gasteiger partial charge on any atom is 0.384 e. The molecule has 0 radical (unpaired) electrons. The summed E-state index contributed by atoms with van der Waals surface area (Å²) in [4.78, 5) is 33.0. The van der Waals surface area contributed by atoms with Crippen LogP contribution in [0.2, 0.25) is 5.02 Å². The minimum absolute atomic E-state index is 0.448. The lowest BCUT2D eigenvalue weighted by atomic mass is 10.1. The number of hydrogen-bond acceptors (Lipinski definition) is 4. The Morgan fingerprint density at radius 2 is 1.67 bits per heavy atom. The summed E-state index contributed by atoms with van der Waals surface area (Å²) in [6.07, 6.45) is -1.11. The van der Waals surface area contributed by atoms with E-state index in [0.717, 1.165) is 0 Å². The number of hydrogen-bond donors (Lipinski definition) is 0. The Bertz CT molecular complexity index is 449. The third-order valence-electron chi connectivity index (χ3n) is 2.04. The molecule has 1 aromatic carbocycles. The highest BCUT2D eigenvalue weighted by molar-refractivity contribution is 6.65. The first kappa shape index (κ1) is 9.86. The first-order valence-corrected chi connectivity index (χ1v) is 4.52. The van der Waals surface area contributed by atoms with Crippen molar-refractivity contribution >= 4 is 29.1 Å². The molecule has 15 heavy (non-hydrogen) atoms. The molecular formula is C10H5ClO4. The van der Waals surface area contributed by atoms with Crippen molar-refractivity contribution in [3.8, 4) is 0 Å². The number of benzene rings is 1. The van der Waals surface area contributed by atoms with Crippen LogP contribution in [-0.2, 0) is 19.1 Å². The number of cyclic esters (lactones) is 1. The van der Waals surface area contributed by atoms with Gasteiger partial charge in [0.05, 0.1) is 0 Å². The molecule has 0 N–H and O–H groups in total. The van der Waals surface area contributed by atoms with Gasteiger partial charge in [0.15, 0.2) is 6.10 Å². The van der Waals surface area contributed by atoms with E-state index in [1.54, 1.807) is 12.1 Å². The van der Waals surface area contributed by atoms with Crippen molar-refractivity contribution in [3.63, 3.8) is 0 Å². The van der Waals surface area contributed by atoms with Crippen LogP contribution < -0.4 is 0 Å². The van der Waals surface area contributed by atoms with Gasteiger partial charge in [-0.05, 0) is 12.1 Å². The van der Waals surface area contributed by atoms with E-state index in [4.69, 9.17) is 11.6 Å². The number of rotatable bonds is 1. The van der Waals surface area contributed by atoms with E-state index in [2.05, 4.69) is 4.74 Å². The van der Waals surface area contributed by atoms with Crippen LogP contribution in [0, 0.1) is 0 Å². The van der Waals surface area contributed by atoms with Crippen molar-refractivity contribution in [1.82, 2.24) is 0 Å². The summed E-state index contributed by atoms with van der Waals surface area (Å²) in [6.45, 7) is 0. The van der Waals surface area contributed by atoms with Crippen molar-refractivity contribution < 1.29 is 19.1 Å². The van der Waals surface area contributed by atoms with E-state index in [0.29, 0.717) is 10.6 Å². The van der Waals surface area contributed by atoms with Crippen molar-refractivity contribution in [2.45, 2.75) is 6.10 Å². The standard InChI is InChI=1S/C10H5ClO4/c11-6-3-1-5(2-4-6)9-7(12)8(13)10(14)15-9/h1-4,9H. The fraction of sp³-hybridized carbons (Fsp3) is 0.100. The van der Waals surface area contributed by atoms with E-state index in [1.165, 1.54) is 12.1 Å². The van der Waals surface area contributed by atoms with Crippen LogP contribution >= 0.6 is 11.6 Å². The van der Waals surface area contributed by atoms with Crippen molar-refractivity contribution in [1.29, 1.82) is 0 Å². The second-order valence-corrected chi connectivity index (χ2v) is 3.47. The Balaban J connectivity index is 2.33. The average molecular weight is 225 g/mol. The van der Waals surface area contributed by atoms with Gasteiger partial charge in [0.1, 0.15) is 0 Å². The van der Waals surface area contributed by atoms with E-state index in [9.17, 15) is 14.4 Å². The molecule has 1 aliphatic rings. The zero-order valence-electron chi connectivity index (χ0n) is 7.40. The van der Waals surface area contributed by atoms with E-state index in [-0.39, 0.29) is 0 Å². The van der Waals surface area contributed by atoms with Gasteiger partial charge in [-0.15, -0.1) is 0 Å². The van der Waals surface area contributed by atoms with Crippen LogP contribution in [0.3, 0.4) is 0 Å². The SMILES string of the molecule is O=C1OC(c2ccc(Cl)cc2)C(=O)C1=O. The van der Waals surface area contributed by atoms with Gasteiger partial charge in [-0.2, -0.15) is 0 Å². The van der Waals surface area contributed by atoms with Crippen molar-refractivity contribution in [2.75, 3.05) is 0 Å². The lowest BCUT2D eigenvalue weighted by Gasteiger charge is -2.06. The highest BCUT2D eigenvalue weighted by atomic mass is 35.5. The highest BCUT2D eigenvalue weighted by Gasteiger charge is 2.42. The Kier molecular flexibility index (Phi) is 2.28. The molecule has 1 aromatic rings. The van der Waals surface area contributed by atoms with Gasteiger partial charge in [0.25, 0.3) is 5.78 Å². The molecule has 1 aliphatic heterocycles. The maximum absolute atomic E-state index is 11.3. The van der Waals surface area contributed by atoms with Crippen molar-refractivity contribution in [3.05, 3.63) is 34.9 Å². The largest absolute Gasteiger partial charge is 0.443 e. The Morgan fingerprint density at radius 3 is 2.13 bits per heavy atom. The van der Waals surface area contributed by atoms with Crippen molar-refractivity contribution in [2.24, 2.45) is 0 Å². The molecule has 1 fully saturated rings. The van der Waals surface area contributed by atoms with Gasteiger partial charge >= 0.3 is 11.8 Å². The molecule has 0 bridgehead atoms. The molecule has 0 spiro atoms. The smallest absolute Gasteiger partial charge is 0.384 e. The molecule has 2 rings (SSSR count). The fourth-order valence-electron chi connectivity index (χ4n) is 1.29. The molecule has 76 valence electrons. The number of esters is 1. The zero-order valence-corrected chi connectivity index (χ0v) is 8.15. The number of ketones is 2. The fourth-order valence-corrected chi connectivity index (χ4v) is 1.42. The van der Waals surface area contributed by atoms with Crippen LogP contribution in [0.25, 0.3) is 0 Å². The van der Waals surface area contributed by atoms with Gasteiger partial charge in [-0.1, -0.05) is 23.7 Å². The number of carbonyl (C=O) groups excluding carboxylic acids is 3. The summed E-state index contributed by atoms with van der Waals surface area (Å²) in [5.74, 6) is -3.03. The number of ether oxygens (including phenoxy) is 1. The lowest BCUT2D eigenvalue weighted by Crippen LogP contribution is -2.14. The minimum Gasteiger partial charge on any atom is -0.443 e.